The lowest BCUT2D eigenvalue weighted by molar-refractivity contribution is 0.424. The molecule has 0 bridgehead atoms. The van der Waals surface area contributed by atoms with Gasteiger partial charge in [0.25, 0.3) is 0 Å². The second-order valence-electron chi connectivity index (χ2n) is 3.63. The van der Waals surface area contributed by atoms with Gasteiger partial charge >= 0.3 is 0 Å². The van der Waals surface area contributed by atoms with Crippen molar-refractivity contribution in [2.75, 3.05) is 19.6 Å². The quantitative estimate of drug-likeness (QED) is 0.805. The lowest BCUT2D eigenvalue weighted by atomic mass is 10.2. The Balaban J connectivity index is 2.02. The minimum absolute atomic E-state index is 0.903. The van der Waals surface area contributed by atoms with Crippen LogP contribution in [0.4, 0.5) is 0 Å². The van der Waals surface area contributed by atoms with Gasteiger partial charge in [-0.05, 0) is 12.5 Å². The molecule has 0 amide bonds. The molecule has 1 aliphatic heterocycles. The first-order valence-corrected chi connectivity index (χ1v) is 5.47. The van der Waals surface area contributed by atoms with E-state index in [9.17, 15) is 0 Å². The Hall–Kier alpha value is -1.51. The summed E-state index contributed by atoms with van der Waals surface area (Å²) in [6, 6.07) is 10.5. The molecule has 0 spiro atoms. The molecule has 80 valence electrons. The van der Waals surface area contributed by atoms with Crippen molar-refractivity contribution in [3.63, 3.8) is 0 Å². The van der Waals surface area contributed by atoms with Crippen LogP contribution in [0, 0.1) is 0 Å². The molecule has 1 N–H and O–H groups in total. The normalized spacial score (nSPS) is 14.6. The summed E-state index contributed by atoms with van der Waals surface area (Å²) in [5.74, 6) is 1.04. The Morgan fingerprint density at radius 3 is 2.73 bits per heavy atom. The zero-order valence-corrected chi connectivity index (χ0v) is 9.11. The van der Waals surface area contributed by atoms with E-state index in [1.807, 2.05) is 6.07 Å². The molecule has 0 saturated carbocycles. The number of guanidine groups is 1. The fraction of sp³-hybridized carbons (Fsp3) is 0.417. The van der Waals surface area contributed by atoms with Crippen LogP contribution in [0.2, 0.25) is 0 Å². The second-order valence-corrected chi connectivity index (χ2v) is 3.63. The summed E-state index contributed by atoms with van der Waals surface area (Å²) in [7, 11) is 0. The zero-order chi connectivity index (χ0) is 10.5. The lowest BCUT2D eigenvalue weighted by Crippen LogP contribution is -2.38. The lowest BCUT2D eigenvalue weighted by Gasteiger charge is -2.22. The van der Waals surface area contributed by atoms with E-state index >= 15 is 0 Å². The van der Waals surface area contributed by atoms with E-state index in [2.05, 4.69) is 46.4 Å². The number of benzene rings is 1. The van der Waals surface area contributed by atoms with Crippen LogP contribution in [0.1, 0.15) is 12.5 Å². The Morgan fingerprint density at radius 1 is 1.33 bits per heavy atom. The predicted molar refractivity (Wildman–Crippen MR) is 62.8 cm³/mol. The average molecular weight is 203 g/mol. The van der Waals surface area contributed by atoms with Gasteiger partial charge in [-0.1, -0.05) is 30.3 Å². The first kappa shape index (κ1) is 10.0. The third kappa shape index (κ3) is 2.49. The van der Waals surface area contributed by atoms with E-state index < -0.39 is 0 Å². The standard InChI is InChI=1S/C12H17N3/c1-2-15(12-13-8-9-14-12)10-11-6-4-3-5-7-11/h3-7H,2,8-10H2,1H3,(H,13,14). The first-order valence-electron chi connectivity index (χ1n) is 5.47. The zero-order valence-electron chi connectivity index (χ0n) is 9.11. The molecule has 0 aromatic heterocycles. The highest BCUT2D eigenvalue weighted by molar-refractivity contribution is 5.81. The van der Waals surface area contributed by atoms with Crippen molar-refractivity contribution in [2.45, 2.75) is 13.5 Å². The molecule has 1 aromatic carbocycles. The fourth-order valence-corrected chi connectivity index (χ4v) is 1.74. The summed E-state index contributed by atoms with van der Waals surface area (Å²) in [5, 5.41) is 3.30. The Labute approximate surface area is 90.8 Å². The van der Waals surface area contributed by atoms with Gasteiger partial charge in [-0.3, -0.25) is 4.99 Å². The van der Waals surface area contributed by atoms with Gasteiger partial charge in [0.05, 0.1) is 6.54 Å². The maximum absolute atomic E-state index is 4.43. The number of rotatable bonds is 3. The topological polar surface area (TPSA) is 27.6 Å². The number of aliphatic imine (C=N–C) groups is 1. The molecular weight excluding hydrogens is 186 g/mol. The molecule has 0 saturated heterocycles. The SMILES string of the molecule is CCN(Cc1ccccc1)C1=NCCN1. The van der Waals surface area contributed by atoms with Crippen molar-refractivity contribution in [3.05, 3.63) is 35.9 Å². The minimum atomic E-state index is 0.903. The number of nitrogens with zero attached hydrogens (tertiary/aromatic N) is 2. The molecule has 0 aliphatic carbocycles. The van der Waals surface area contributed by atoms with E-state index in [0.717, 1.165) is 32.1 Å². The molecule has 0 fully saturated rings. The number of hydrogen-bond acceptors (Lipinski definition) is 3. The minimum Gasteiger partial charge on any atom is -0.354 e. The van der Waals surface area contributed by atoms with Gasteiger partial charge in [0, 0.05) is 19.6 Å². The average Bonchev–Trinajstić information content (AvgIpc) is 2.81. The molecule has 15 heavy (non-hydrogen) atoms. The van der Waals surface area contributed by atoms with E-state index in [-0.39, 0.29) is 0 Å². The van der Waals surface area contributed by atoms with Crippen molar-refractivity contribution >= 4 is 5.96 Å². The highest BCUT2D eigenvalue weighted by Crippen LogP contribution is 2.05. The van der Waals surface area contributed by atoms with Crippen LogP contribution in [0.25, 0.3) is 0 Å². The monoisotopic (exact) mass is 203 g/mol. The largest absolute Gasteiger partial charge is 0.354 e. The van der Waals surface area contributed by atoms with Crippen LogP contribution in [-0.2, 0) is 6.54 Å². The van der Waals surface area contributed by atoms with Crippen LogP contribution in [0.5, 0.6) is 0 Å². The number of hydrogen-bond donors (Lipinski definition) is 1. The summed E-state index contributed by atoms with van der Waals surface area (Å²) in [6.07, 6.45) is 0. The van der Waals surface area contributed by atoms with Crippen molar-refractivity contribution in [3.8, 4) is 0 Å². The van der Waals surface area contributed by atoms with Crippen LogP contribution >= 0.6 is 0 Å². The van der Waals surface area contributed by atoms with E-state index in [0.29, 0.717) is 0 Å². The van der Waals surface area contributed by atoms with Gasteiger partial charge in [0.15, 0.2) is 5.96 Å². The molecule has 3 nitrogen and oxygen atoms in total. The van der Waals surface area contributed by atoms with Gasteiger partial charge in [-0.25, -0.2) is 0 Å². The molecule has 0 radical (unpaired) electrons. The van der Waals surface area contributed by atoms with E-state index in [1.54, 1.807) is 0 Å². The van der Waals surface area contributed by atoms with Crippen LogP contribution in [-0.4, -0.2) is 30.5 Å². The van der Waals surface area contributed by atoms with Crippen molar-refractivity contribution in [1.82, 2.24) is 10.2 Å². The Kier molecular flexibility index (Phi) is 3.22. The maximum Gasteiger partial charge on any atom is 0.194 e. The highest BCUT2D eigenvalue weighted by atomic mass is 15.3. The summed E-state index contributed by atoms with van der Waals surface area (Å²) in [5.41, 5.74) is 1.33. The smallest absolute Gasteiger partial charge is 0.194 e. The van der Waals surface area contributed by atoms with Crippen molar-refractivity contribution in [1.29, 1.82) is 0 Å². The summed E-state index contributed by atoms with van der Waals surface area (Å²) < 4.78 is 0. The molecular formula is C12H17N3. The van der Waals surface area contributed by atoms with Crippen molar-refractivity contribution in [2.24, 2.45) is 4.99 Å². The van der Waals surface area contributed by atoms with Gasteiger partial charge < -0.3 is 10.2 Å². The first-order chi connectivity index (χ1) is 7.40. The van der Waals surface area contributed by atoms with Crippen LogP contribution < -0.4 is 5.32 Å². The maximum atomic E-state index is 4.43. The molecule has 1 aromatic rings. The summed E-state index contributed by atoms with van der Waals surface area (Å²) in [6.45, 7) is 5.95. The van der Waals surface area contributed by atoms with Gasteiger partial charge in [-0.15, -0.1) is 0 Å². The fourth-order valence-electron chi connectivity index (χ4n) is 1.74. The molecule has 1 aliphatic rings. The summed E-state index contributed by atoms with van der Waals surface area (Å²) in [4.78, 5) is 6.70. The van der Waals surface area contributed by atoms with Gasteiger partial charge in [0.2, 0.25) is 0 Å². The van der Waals surface area contributed by atoms with Gasteiger partial charge in [-0.2, -0.15) is 0 Å². The van der Waals surface area contributed by atoms with Gasteiger partial charge in [0.1, 0.15) is 0 Å². The van der Waals surface area contributed by atoms with Crippen LogP contribution in [0.15, 0.2) is 35.3 Å². The molecule has 1 heterocycles. The van der Waals surface area contributed by atoms with E-state index in [4.69, 9.17) is 0 Å². The predicted octanol–water partition coefficient (Wildman–Crippen LogP) is 1.47. The third-order valence-corrected chi connectivity index (χ3v) is 2.55. The Bertz CT molecular complexity index is 332. The third-order valence-electron chi connectivity index (χ3n) is 2.55. The molecule has 3 heteroatoms. The Morgan fingerprint density at radius 2 is 2.13 bits per heavy atom. The van der Waals surface area contributed by atoms with Crippen molar-refractivity contribution < 1.29 is 0 Å². The highest BCUT2D eigenvalue weighted by Gasteiger charge is 2.12. The number of nitrogens with one attached hydrogen (secondary N) is 1. The molecule has 0 atom stereocenters. The van der Waals surface area contributed by atoms with Crippen LogP contribution in [0.3, 0.4) is 0 Å². The van der Waals surface area contributed by atoms with E-state index in [1.165, 1.54) is 5.56 Å². The molecule has 2 rings (SSSR count). The second kappa shape index (κ2) is 4.82. The summed E-state index contributed by atoms with van der Waals surface area (Å²) >= 11 is 0. The molecule has 0 unspecified atom stereocenters.